The van der Waals surface area contributed by atoms with Gasteiger partial charge in [0.2, 0.25) is 0 Å². The third kappa shape index (κ3) is 1.63. The average molecular weight is 165 g/mol. The molecule has 1 aliphatic carbocycles. The summed E-state index contributed by atoms with van der Waals surface area (Å²) in [6.45, 7) is 3.18. The number of hydrogen-bond acceptors (Lipinski definition) is 2. The van der Waals surface area contributed by atoms with Crippen LogP contribution in [-0.2, 0) is 4.74 Å². The van der Waals surface area contributed by atoms with E-state index in [1.165, 1.54) is 6.42 Å². The number of hydrogen-bond donors (Lipinski definition) is 0. The molecule has 1 aliphatic heterocycles. The first-order valence-electron chi connectivity index (χ1n) is 4.71. The van der Waals surface area contributed by atoms with Crippen LogP contribution in [0.15, 0.2) is 0 Å². The Morgan fingerprint density at radius 1 is 1.58 bits per heavy atom. The molecule has 66 valence electrons. The minimum absolute atomic E-state index is 0.560. The van der Waals surface area contributed by atoms with E-state index in [0.29, 0.717) is 6.10 Å². The summed E-state index contributed by atoms with van der Waals surface area (Å²) in [5, 5.41) is 0. The van der Waals surface area contributed by atoms with Gasteiger partial charge in [-0.3, -0.25) is 4.90 Å². The SMILES string of the molecule is C#CCCCN1CCOC2CC21. The fourth-order valence-corrected chi connectivity index (χ4v) is 1.87. The second kappa shape index (κ2) is 3.47. The van der Waals surface area contributed by atoms with Crippen molar-refractivity contribution in [3.63, 3.8) is 0 Å². The Morgan fingerprint density at radius 2 is 2.50 bits per heavy atom. The first kappa shape index (κ1) is 8.10. The predicted octanol–water partition coefficient (Wildman–Crippen LogP) is 0.873. The van der Waals surface area contributed by atoms with E-state index in [2.05, 4.69) is 10.8 Å². The summed E-state index contributed by atoms with van der Waals surface area (Å²) in [6, 6.07) is 0.733. The highest BCUT2D eigenvalue weighted by Crippen LogP contribution is 2.34. The van der Waals surface area contributed by atoms with Gasteiger partial charge in [-0.05, 0) is 19.4 Å². The standard InChI is InChI=1S/C10H15NO/c1-2-3-4-5-11-6-7-12-10-8-9(10)11/h1,9-10H,3-8H2. The van der Waals surface area contributed by atoms with Gasteiger partial charge < -0.3 is 4.74 Å². The van der Waals surface area contributed by atoms with Crippen LogP contribution < -0.4 is 0 Å². The van der Waals surface area contributed by atoms with E-state index in [4.69, 9.17) is 11.2 Å². The molecule has 0 aromatic heterocycles. The molecule has 2 heteroatoms. The monoisotopic (exact) mass is 165 g/mol. The van der Waals surface area contributed by atoms with Gasteiger partial charge in [-0.1, -0.05) is 0 Å². The van der Waals surface area contributed by atoms with Crippen LogP contribution >= 0.6 is 0 Å². The molecule has 1 saturated carbocycles. The molecule has 0 bridgehead atoms. The molecule has 2 aliphatic rings. The molecule has 2 fully saturated rings. The van der Waals surface area contributed by atoms with Crippen molar-refractivity contribution in [2.24, 2.45) is 0 Å². The predicted molar refractivity (Wildman–Crippen MR) is 47.8 cm³/mol. The molecular formula is C10H15NO. The largest absolute Gasteiger partial charge is 0.375 e. The molecule has 2 atom stereocenters. The Bertz CT molecular complexity index is 197. The Kier molecular flexibility index (Phi) is 2.34. The second-order valence-electron chi connectivity index (χ2n) is 3.56. The second-order valence-corrected chi connectivity index (χ2v) is 3.56. The van der Waals surface area contributed by atoms with E-state index in [-0.39, 0.29) is 0 Å². The van der Waals surface area contributed by atoms with Crippen molar-refractivity contribution >= 4 is 0 Å². The number of unbranched alkanes of at least 4 members (excludes halogenated alkanes) is 1. The summed E-state index contributed by atoms with van der Waals surface area (Å²) in [5.41, 5.74) is 0. The van der Waals surface area contributed by atoms with Crippen molar-refractivity contribution in [1.29, 1.82) is 0 Å². The lowest BCUT2D eigenvalue weighted by atomic mass is 10.3. The van der Waals surface area contributed by atoms with Crippen LogP contribution in [0.4, 0.5) is 0 Å². The molecule has 0 aromatic rings. The molecule has 0 spiro atoms. The minimum atomic E-state index is 0.560. The van der Waals surface area contributed by atoms with Gasteiger partial charge in [0.25, 0.3) is 0 Å². The Balaban J connectivity index is 1.70. The Morgan fingerprint density at radius 3 is 3.33 bits per heavy atom. The third-order valence-electron chi connectivity index (χ3n) is 2.65. The summed E-state index contributed by atoms with van der Waals surface area (Å²) in [6.07, 6.45) is 9.05. The maximum Gasteiger partial charge on any atom is 0.0747 e. The number of ether oxygens (including phenoxy) is 1. The molecule has 1 saturated heterocycles. The Hall–Kier alpha value is -0.520. The summed E-state index contributed by atoms with van der Waals surface area (Å²) >= 11 is 0. The van der Waals surface area contributed by atoms with Crippen molar-refractivity contribution < 1.29 is 4.74 Å². The highest BCUT2D eigenvalue weighted by molar-refractivity contribution is 4.99. The molecular weight excluding hydrogens is 150 g/mol. The summed E-state index contributed by atoms with van der Waals surface area (Å²) in [4.78, 5) is 2.52. The maximum atomic E-state index is 5.51. The van der Waals surface area contributed by atoms with Crippen LogP contribution in [0.1, 0.15) is 19.3 Å². The number of nitrogens with zero attached hydrogens (tertiary/aromatic N) is 1. The fraction of sp³-hybridized carbons (Fsp3) is 0.800. The van der Waals surface area contributed by atoms with Crippen LogP contribution in [0.3, 0.4) is 0 Å². The Labute approximate surface area is 73.9 Å². The molecule has 0 N–H and O–H groups in total. The number of morpholine rings is 1. The quantitative estimate of drug-likeness (QED) is 0.454. The first-order valence-corrected chi connectivity index (χ1v) is 4.71. The van der Waals surface area contributed by atoms with Crippen molar-refractivity contribution in [3.8, 4) is 12.3 Å². The zero-order valence-electron chi connectivity index (χ0n) is 7.33. The van der Waals surface area contributed by atoms with Gasteiger partial charge >= 0.3 is 0 Å². The fourth-order valence-electron chi connectivity index (χ4n) is 1.87. The lowest BCUT2D eigenvalue weighted by molar-refractivity contribution is 0.0310. The van der Waals surface area contributed by atoms with Gasteiger partial charge in [-0.25, -0.2) is 0 Å². The van der Waals surface area contributed by atoms with Gasteiger partial charge in [-0.15, -0.1) is 12.3 Å². The van der Waals surface area contributed by atoms with E-state index in [0.717, 1.165) is 38.6 Å². The smallest absolute Gasteiger partial charge is 0.0747 e. The van der Waals surface area contributed by atoms with E-state index in [1.54, 1.807) is 0 Å². The summed E-state index contributed by atoms with van der Waals surface area (Å²) in [7, 11) is 0. The van der Waals surface area contributed by atoms with Crippen molar-refractivity contribution in [1.82, 2.24) is 4.90 Å². The van der Waals surface area contributed by atoms with E-state index >= 15 is 0 Å². The highest BCUT2D eigenvalue weighted by Gasteiger charge is 2.45. The average Bonchev–Trinajstić information content (AvgIpc) is 2.84. The summed E-state index contributed by atoms with van der Waals surface area (Å²) in [5.74, 6) is 2.68. The number of rotatable bonds is 3. The van der Waals surface area contributed by atoms with Crippen LogP contribution in [0.2, 0.25) is 0 Å². The van der Waals surface area contributed by atoms with Crippen molar-refractivity contribution in [2.75, 3.05) is 19.7 Å². The minimum Gasteiger partial charge on any atom is -0.375 e. The van der Waals surface area contributed by atoms with Crippen LogP contribution in [0.25, 0.3) is 0 Å². The van der Waals surface area contributed by atoms with Gasteiger partial charge in [-0.2, -0.15) is 0 Å². The maximum absolute atomic E-state index is 5.51. The van der Waals surface area contributed by atoms with E-state index < -0.39 is 0 Å². The molecule has 1 heterocycles. The van der Waals surface area contributed by atoms with E-state index in [1.807, 2.05) is 0 Å². The molecule has 0 aromatic carbocycles. The third-order valence-corrected chi connectivity index (χ3v) is 2.65. The molecule has 2 unspecified atom stereocenters. The molecule has 0 amide bonds. The zero-order chi connectivity index (χ0) is 8.39. The van der Waals surface area contributed by atoms with Crippen LogP contribution in [-0.4, -0.2) is 36.7 Å². The van der Waals surface area contributed by atoms with Gasteiger partial charge in [0.15, 0.2) is 0 Å². The van der Waals surface area contributed by atoms with Crippen molar-refractivity contribution in [3.05, 3.63) is 0 Å². The topological polar surface area (TPSA) is 12.5 Å². The first-order chi connectivity index (χ1) is 5.92. The van der Waals surface area contributed by atoms with Gasteiger partial charge in [0, 0.05) is 19.0 Å². The highest BCUT2D eigenvalue weighted by atomic mass is 16.5. The number of terminal acetylenes is 1. The van der Waals surface area contributed by atoms with Gasteiger partial charge in [0.05, 0.1) is 12.7 Å². The zero-order valence-corrected chi connectivity index (χ0v) is 7.33. The van der Waals surface area contributed by atoms with Crippen molar-refractivity contribution in [2.45, 2.75) is 31.4 Å². The van der Waals surface area contributed by atoms with Crippen LogP contribution in [0.5, 0.6) is 0 Å². The molecule has 2 nitrogen and oxygen atoms in total. The molecule has 0 radical (unpaired) electrons. The summed E-state index contributed by atoms with van der Waals surface area (Å²) < 4.78 is 5.51. The molecule has 2 rings (SSSR count). The lowest BCUT2D eigenvalue weighted by Crippen LogP contribution is -2.37. The van der Waals surface area contributed by atoms with E-state index in [9.17, 15) is 0 Å². The number of fused-ring (bicyclic) bond motifs is 1. The molecule has 12 heavy (non-hydrogen) atoms. The normalized spacial score (nSPS) is 33.9. The van der Waals surface area contributed by atoms with Crippen LogP contribution in [0, 0.1) is 12.3 Å². The van der Waals surface area contributed by atoms with Gasteiger partial charge in [0.1, 0.15) is 0 Å². The lowest BCUT2D eigenvalue weighted by Gasteiger charge is -2.25.